The Kier molecular flexibility index (Phi) is 13300000. The molecule has 0 saturated carbocycles. The Morgan fingerprint density at radius 2 is 0.0488 bits per heavy atom. The van der Waals surface area contributed by atoms with Gasteiger partial charge in [-0.25, -0.2) is 0 Å². The van der Waals surface area contributed by atoms with Crippen molar-refractivity contribution in [2.45, 2.75) is 282 Å². The summed E-state index contributed by atoms with van der Waals surface area (Å²) in [7, 11) is 0. The van der Waals surface area contributed by atoms with E-state index in [2.05, 4.69) is 0 Å². The molecule has 319 valence electrons. The van der Waals surface area contributed by atoms with Crippen LogP contribution in [0.15, 0.2) is 0 Å². The summed E-state index contributed by atoms with van der Waals surface area (Å²) >= 11 is 0. The average molecular weight is 762 g/mol. The molecule has 0 aliphatic rings. The molecule has 0 atom stereocenters. The monoisotopic (exact) mass is 762 g/mol. The van der Waals surface area contributed by atoms with Crippen LogP contribution in [0.5, 0.6) is 0 Å². The van der Waals surface area contributed by atoms with Crippen LogP contribution < -0.4 is 0 Å². The topological polar surface area (TPSA) is 0 Å². The molecule has 0 unspecified atom stereocenters. The fourth-order valence-electron chi connectivity index (χ4n) is 0. The summed E-state index contributed by atoms with van der Waals surface area (Å²) in [5.74, 6) is 0. The van der Waals surface area contributed by atoms with E-state index in [1.54, 1.807) is 0 Å². The number of rotatable bonds is 0. The van der Waals surface area contributed by atoms with Gasteiger partial charge in [0.05, 0.1) is 0 Å². The molecule has 0 aromatic heterocycles. The van der Waals surface area contributed by atoms with Gasteiger partial charge >= 0.3 is 0 Å². The standard InChI is InChI=1S/38CH4.3V/h38*1H4;;;. The Morgan fingerprint density at radius 3 is 0.0488 bits per heavy atom. The van der Waals surface area contributed by atoms with Gasteiger partial charge in [0.15, 0.2) is 0 Å². The second kappa shape index (κ2) is 22600. The summed E-state index contributed by atoms with van der Waals surface area (Å²) in [5, 5.41) is 0. The molecule has 0 bridgehead atoms. The van der Waals surface area contributed by atoms with Gasteiger partial charge in [-0.15, -0.1) is 0 Å². The van der Waals surface area contributed by atoms with Crippen LogP contribution >= 0.6 is 0 Å². The molecule has 0 N–H and O–H groups in total. The first kappa shape index (κ1) is 24200. The van der Waals surface area contributed by atoms with Crippen molar-refractivity contribution >= 4 is 0 Å². The molecule has 0 saturated heterocycles. The third kappa shape index (κ3) is 21500. The summed E-state index contributed by atoms with van der Waals surface area (Å²) in [6, 6.07) is 0. The van der Waals surface area contributed by atoms with Crippen LogP contribution in [0.25, 0.3) is 0 Å². The molecule has 0 heterocycles. The first-order chi connectivity index (χ1) is 0. The molecular formula is C38H152V3. The Bertz CT molecular complexity index is 15.5. The van der Waals surface area contributed by atoms with E-state index >= 15 is 0 Å². The first-order valence-corrected chi connectivity index (χ1v) is 0. The molecule has 3 heteroatoms. The van der Waals surface area contributed by atoms with E-state index in [0.717, 1.165) is 0 Å². The van der Waals surface area contributed by atoms with Crippen molar-refractivity contribution in [3.63, 3.8) is 0 Å². The zero-order chi connectivity index (χ0) is 0. The molecule has 3 radical (unpaired) electrons. The van der Waals surface area contributed by atoms with E-state index in [4.69, 9.17) is 0 Å². The maximum atomic E-state index is 0. The predicted octanol–water partition coefficient (Wildman–Crippen LogP) is 24.2. The minimum atomic E-state index is 0. The molecule has 0 rings (SSSR count). The normalized spacial score (nSPS) is 0. The maximum absolute atomic E-state index is 0. The van der Waals surface area contributed by atoms with Crippen LogP contribution in [0.3, 0.4) is 0 Å². The van der Waals surface area contributed by atoms with Crippen LogP contribution in [0.4, 0.5) is 0 Å². The number of hydrogen-bond acceptors (Lipinski definition) is 0. The Labute approximate surface area is 335 Å². The summed E-state index contributed by atoms with van der Waals surface area (Å²) in [6.07, 6.45) is 0. The summed E-state index contributed by atoms with van der Waals surface area (Å²) in [4.78, 5) is 0. The van der Waals surface area contributed by atoms with Gasteiger partial charge in [-0.3, -0.25) is 0 Å². The third-order valence-corrected chi connectivity index (χ3v) is 0. The second-order valence-electron chi connectivity index (χ2n) is 0. The van der Waals surface area contributed by atoms with Crippen molar-refractivity contribution in [3.8, 4) is 0 Å². The smallest absolute Gasteiger partial charge is 0 e. The Morgan fingerprint density at radius 1 is 0.0488 bits per heavy atom. The van der Waals surface area contributed by atoms with Crippen molar-refractivity contribution in [2.24, 2.45) is 0 Å². The van der Waals surface area contributed by atoms with Crippen LogP contribution in [-0.2, 0) is 55.7 Å². The molecule has 0 amide bonds. The van der Waals surface area contributed by atoms with Crippen LogP contribution in [0, 0.1) is 0 Å². The first-order valence-electron chi connectivity index (χ1n) is 0. The molecular weight excluding hydrogens is 609 g/mol. The van der Waals surface area contributed by atoms with Crippen molar-refractivity contribution in [1.82, 2.24) is 0 Å². The minimum Gasteiger partial charge on any atom is -0.0776 e. The van der Waals surface area contributed by atoms with Gasteiger partial charge in [-0.1, -0.05) is 282 Å². The molecule has 0 fully saturated rings. The second-order valence-corrected chi connectivity index (χ2v) is 0. The Hall–Kier alpha value is 1.75. The zero-order valence-corrected chi connectivity index (χ0v) is 5.53. The van der Waals surface area contributed by atoms with Crippen LogP contribution in [0.1, 0.15) is 282 Å². The van der Waals surface area contributed by atoms with Crippen LogP contribution in [-0.4, -0.2) is 0 Å². The predicted molar refractivity (Wildman–Crippen MR) is 256 cm³/mol. The molecule has 41 heavy (non-hydrogen) atoms. The molecule has 0 aliphatic heterocycles. The van der Waals surface area contributed by atoms with E-state index in [-0.39, 0.29) is 338 Å². The Balaban J connectivity index is 0. The zero-order valence-electron chi connectivity index (χ0n) is 1.34. The van der Waals surface area contributed by atoms with Gasteiger partial charge in [0, 0.05) is 55.7 Å². The molecule has 0 aromatic carbocycles. The van der Waals surface area contributed by atoms with Gasteiger partial charge in [0.2, 0.25) is 0 Å². The van der Waals surface area contributed by atoms with Crippen molar-refractivity contribution in [3.05, 3.63) is 0 Å². The van der Waals surface area contributed by atoms with Crippen molar-refractivity contribution in [1.29, 1.82) is 0 Å². The minimum absolute atomic E-state index is 0. The van der Waals surface area contributed by atoms with Gasteiger partial charge in [-0.05, 0) is 0 Å². The fraction of sp³-hybridized carbons (Fsp3) is 1.00. The van der Waals surface area contributed by atoms with E-state index < -0.39 is 0 Å². The average Bonchev–Trinajstić information content (AvgIpc) is 0. The van der Waals surface area contributed by atoms with Gasteiger partial charge < -0.3 is 0 Å². The van der Waals surface area contributed by atoms with E-state index in [1.165, 1.54) is 0 Å². The quantitative estimate of drug-likeness (QED) is 0.231. The van der Waals surface area contributed by atoms with Gasteiger partial charge in [-0.2, -0.15) is 0 Å². The van der Waals surface area contributed by atoms with Crippen LogP contribution in [0.2, 0.25) is 0 Å². The van der Waals surface area contributed by atoms with Gasteiger partial charge in [0.1, 0.15) is 0 Å². The molecule has 0 nitrogen and oxygen atoms in total. The molecule has 0 aromatic rings. The SMILES string of the molecule is C.C.C.C.C.C.C.C.C.C.C.C.C.C.C.C.C.C.C.C.C.C.C.C.C.C.C.C.C.C.C.C.C.C.C.C.C.C.[V].[V].[V]. The van der Waals surface area contributed by atoms with Crippen molar-refractivity contribution in [2.75, 3.05) is 0 Å². The van der Waals surface area contributed by atoms with E-state index in [0.29, 0.717) is 0 Å². The van der Waals surface area contributed by atoms with Gasteiger partial charge in [0.25, 0.3) is 0 Å². The third-order valence-electron chi connectivity index (χ3n) is 0. The molecule has 0 aliphatic carbocycles. The summed E-state index contributed by atoms with van der Waals surface area (Å²) in [6.45, 7) is 0. The fourth-order valence-corrected chi connectivity index (χ4v) is 0. The van der Waals surface area contributed by atoms with E-state index in [1.807, 2.05) is 0 Å². The number of hydrogen-bond donors (Lipinski definition) is 0. The maximum Gasteiger partial charge on any atom is 0 e. The molecule has 0 spiro atoms. The largest absolute Gasteiger partial charge is 0.0776 e. The van der Waals surface area contributed by atoms with E-state index in [9.17, 15) is 0 Å². The summed E-state index contributed by atoms with van der Waals surface area (Å²) in [5.41, 5.74) is 0. The van der Waals surface area contributed by atoms with Crippen molar-refractivity contribution < 1.29 is 55.7 Å². The summed E-state index contributed by atoms with van der Waals surface area (Å²) < 4.78 is 0.